The van der Waals surface area contributed by atoms with Gasteiger partial charge in [-0.3, -0.25) is 0 Å². The van der Waals surface area contributed by atoms with E-state index in [4.69, 9.17) is 0 Å². The smallest absolute Gasteiger partial charge is 0.133 e. The average molecular weight is 269 g/mol. The molecule has 96 valence electrons. The molecule has 0 aliphatic carbocycles. The molecule has 3 rings (SSSR count). The summed E-state index contributed by atoms with van der Waals surface area (Å²) in [6.45, 7) is 0.815. The van der Waals surface area contributed by atoms with Crippen molar-refractivity contribution in [3.63, 3.8) is 0 Å². The predicted octanol–water partition coefficient (Wildman–Crippen LogP) is 3.59. The monoisotopic (exact) mass is 269 g/mol. The van der Waals surface area contributed by atoms with Crippen LogP contribution in [0.1, 0.15) is 17.2 Å². The van der Waals surface area contributed by atoms with Crippen molar-refractivity contribution < 1.29 is 4.79 Å². The molecule has 0 radical (unpaired) electrons. The lowest BCUT2D eigenvalue weighted by Crippen LogP contribution is -1.97. The van der Waals surface area contributed by atoms with Gasteiger partial charge in [0.05, 0.1) is 5.92 Å². The van der Waals surface area contributed by atoms with Crippen LogP contribution in [0.25, 0.3) is 6.08 Å². The highest BCUT2D eigenvalue weighted by atomic mass is 32.2. The minimum absolute atomic E-state index is 0.0878. The molecule has 1 unspecified atom stereocenters. The molecular weight excluding hydrogens is 254 g/mol. The fraction of sp³-hybridized carbons (Fsp3) is 0.188. The maximum atomic E-state index is 11.3. The van der Waals surface area contributed by atoms with Crippen LogP contribution in [0.2, 0.25) is 0 Å². The van der Waals surface area contributed by atoms with E-state index in [2.05, 4.69) is 41.2 Å². The molecule has 2 nitrogen and oxygen atoms in total. The zero-order chi connectivity index (χ0) is 13.2. The highest BCUT2D eigenvalue weighted by Gasteiger charge is 2.26. The zero-order valence-electron chi connectivity index (χ0n) is 10.7. The Hall–Kier alpha value is -1.74. The third-order valence-corrected chi connectivity index (χ3v) is 4.28. The maximum absolute atomic E-state index is 11.3. The van der Waals surface area contributed by atoms with E-state index in [0.717, 1.165) is 24.1 Å². The zero-order valence-corrected chi connectivity index (χ0v) is 11.6. The first-order valence-electron chi connectivity index (χ1n) is 6.26. The Bertz CT molecular complexity index is 624. The second kappa shape index (κ2) is 5.10. The molecule has 19 heavy (non-hydrogen) atoms. The second-order valence-electron chi connectivity index (χ2n) is 4.67. The van der Waals surface area contributed by atoms with Crippen molar-refractivity contribution in [3.05, 3.63) is 59.4 Å². The van der Waals surface area contributed by atoms with Gasteiger partial charge < -0.3 is 9.36 Å². The molecule has 1 aromatic heterocycles. The van der Waals surface area contributed by atoms with E-state index < -0.39 is 0 Å². The first-order chi connectivity index (χ1) is 9.31. The van der Waals surface area contributed by atoms with E-state index in [-0.39, 0.29) is 5.92 Å². The van der Waals surface area contributed by atoms with Gasteiger partial charge in [0.15, 0.2) is 0 Å². The van der Waals surface area contributed by atoms with Gasteiger partial charge in [-0.1, -0.05) is 18.2 Å². The Morgan fingerprint density at radius 1 is 1.26 bits per heavy atom. The Morgan fingerprint density at radius 3 is 2.74 bits per heavy atom. The first-order valence-corrected chi connectivity index (χ1v) is 7.49. The minimum Gasteiger partial charge on any atom is -0.346 e. The van der Waals surface area contributed by atoms with Crippen LogP contribution in [-0.2, 0) is 11.3 Å². The molecule has 0 fully saturated rings. The van der Waals surface area contributed by atoms with Crippen molar-refractivity contribution in [3.8, 4) is 0 Å². The molecule has 0 saturated heterocycles. The Labute approximate surface area is 117 Å². The molecule has 1 aliphatic heterocycles. The number of allylic oxidation sites excluding steroid dienone is 1. The molecule has 0 amide bonds. The maximum Gasteiger partial charge on any atom is 0.133 e. The van der Waals surface area contributed by atoms with Gasteiger partial charge in [0.1, 0.15) is 6.29 Å². The average Bonchev–Trinajstić information content (AvgIpc) is 3.00. The largest absolute Gasteiger partial charge is 0.346 e. The van der Waals surface area contributed by atoms with Crippen LogP contribution in [0.3, 0.4) is 0 Å². The Morgan fingerprint density at radius 2 is 2.05 bits per heavy atom. The molecule has 1 atom stereocenters. The highest BCUT2D eigenvalue weighted by Crippen LogP contribution is 2.33. The first kappa shape index (κ1) is 12.3. The van der Waals surface area contributed by atoms with E-state index in [0.29, 0.717) is 0 Å². The second-order valence-corrected chi connectivity index (χ2v) is 5.55. The fourth-order valence-corrected chi connectivity index (χ4v) is 2.95. The fourth-order valence-electron chi connectivity index (χ4n) is 2.55. The van der Waals surface area contributed by atoms with Crippen molar-refractivity contribution in [2.75, 3.05) is 6.26 Å². The van der Waals surface area contributed by atoms with E-state index in [9.17, 15) is 4.79 Å². The van der Waals surface area contributed by atoms with Crippen LogP contribution in [0.5, 0.6) is 0 Å². The number of aldehydes is 1. The van der Waals surface area contributed by atoms with Crippen molar-refractivity contribution >= 4 is 24.1 Å². The summed E-state index contributed by atoms with van der Waals surface area (Å²) in [5.74, 6) is -0.0878. The number of carbonyl (C=O) groups is 1. The summed E-state index contributed by atoms with van der Waals surface area (Å²) >= 11 is 1.74. The van der Waals surface area contributed by atoms with Crippen LogP contribution in [0.4, 0.5) is 0 Å². The molecule has 1 aliphatic rings. The number of nitrogens with zero attached hydrogens (tertiary/aromatic N) is 1. The number of thioether (sulfide) groups is 1. The predicted molar refractivity (Wildman–Crippen MR) is 79.4 cm³/mol. The van der Waals surface area contributed by atoms with Gasteiger partial charge >= 0.3 is 0 Å². The molecule has 0 bridgehead atoms. The molecule has 0 N–H and O–H groups in total. The van der Waals surface area contributed by atoms with Crippen molar-refractivity contribution in [1.82, 2.24) is 4.57 Å². The lowest BCUT2D eigenvalue weighted by molar-refractivity contribution is -0.108. The SMILES string of the molecule is CSc1ccc(/C=C2/Cn3cccc3C2C=O)cc1. The summed E-state index contributed by atoms with van der Waals surface area (Å²) in [6, 6.07) is 12.5. The number of aromatic nitrogens is 1. The van der Waals surface area contributed by atoms with Crippen molar-refractivity contribution in [1.29, 1.82) is 0 Å². The van der Waals surface area contributed by atoms with Crippen LogP contribution < -0.4 is 0 Å². The molecular formula is C16H15NOS. The molecule has 1 aromatic carbocycles. The molecule has 0 saturated carbocycles. The lowest BCUT2D eigenvalue weighted by Gasteiger charge is -2.04. The molecule has 2 aromatic rings. The third kappa shape index (κ3) is 2.26. The number of hydrogen-bond donors (Lipinski definition) is 0. The van der Waals surface area contributed by atoms with Crippen molar-refractivity contribution in [2.45, 2.75) is 17.4 Å². The third-order valence-electron chi connectivity index (χ3n) is 3.54. The summed E-state index contributed by atoms with van der Waals surface area (Å²) in [6.07, 6.45) is 7.28. The van der Waals surface area contributed by atoms with E-state index in [1.165, 1.54) is 10.5 Å². The van der Waals surface area contributed by atoms with Gasteiger partial charge in [-0.05, 0) is 41.7 Å². The summed E-state index contributed by atoms with van der Waals surface area (Å²) in [7, 11) is 0. The summed E-state index contributed by atoms with van der Waals surface area (Å²) in [4.78, 5) is 12.6. The van der Waals surface area contributed by atoms with E-state index in [1.807, 2.05) is 18.3 Å². The van der Waals surface area contributed by atoms with Crippen LogP contribution in [-0.4, -0.2) is 17.1 Å². The number of fused-ring (bicyclic) bond motifs is 1. The number of rotatable bonds is 3. The quantitative estimate of drug-likeness (QED) is 0.627. The Balaban J connectivity index is 1.91. The standard InChI is InChI=1S/C16H15NOS/c1-19-14-6-4-12(5-7-14)9-13-10-17-8-2-3-16(17)15(13)11-18/h2-9,11,15H,10H2,1H3/b13-9-. The highest BCUT2D eigenvalue weighted by molar-refractivity contribution is 7.98. The lowest BCUT2D eigenvalue weighted by atomic mass is 9.98. The van der Waals surface area contributed by atoms with Crippen LogP contribution >= 0.6 is 11.8 Å². The van der Waals surface area contributed by atoms with E-state index >= 15 is 0 Å². The minimum atomic E-state index is -0.0878. The van der Waals surface area contributed by atoms with Gasteiger partial charge in [0.2, 0.25) is 0 Å². The van der Waals surface area contributed by atoms with E-state index in [1.54, 1.807) is 11.8 Å². The van der Waals surface area contributed by atoms with Gasteiger partial charge in [0, 0.05) is 23.3 Å². The van der Waals surface area contributed by atoms with Gasteiger partial charge in [-0.2, -0.15) is 0 Å². The van der Waals surface area contributed by atoms with Crippen molar-refractivity contribution in [2.24, 2.45) is 0 Å². The summed E-state index contributed by atoms with van der Waals surface area (Å²) < 4.78 is 2.14. The van der Waals surface area contributed by atoms with Crippen LogP contribution in [0, 0.1) is 0 Å². The number of benzene rings is 1. The number of carbonyl (C=O) groups excluding carboxylic acids is 1. The normalized spacial score (nSPS) is 19.6. The molecule has 2 heterocycles. The number of hydrogen-bond acceptors (Lipinski definition) is 2. The molecule has 0 spiro atoms. The van der Waals surface area contributed by atoms with Crippen LogP contribution in [0.15, 0.2) is 53.1 Å². The topological polar surface area (TPSA) is 22.0 Å². The Kier molecular flexibility index (Phi) is 3.30. The van der Waals surface area contributed by atoms with Gasteiger partial charge in [-0.15, -0.1) is 11.8 Å². The van der Waals surface area contributed by atoms with Gasteiger partial charge in [0.25, 0.3) is 0 Å². The van der Waals surface area contributed by atoms with Gasteiger partial charge in [-0.25, -0.2) is 0 Å². The summed E-state index contributed by atoms with van der Waals surface area (Å²) in [5, 5.41) is 0. The summed E-state index contributed by atoms with van der Waals surface area (Å²) in [5.41, 5.74) is 3.43. The molecule has 3 heteroatoms.